The fourth-order valence-corrected chi connectivity index (χ4v) is 3.30. The first-order chi connectivity index (χ1) is 9.08. The van der Waals surface area contributed by atoms with Crippen LogP contribution in [0, 0.1) is 0 Å². The van der Waals surface area contributed by atoms with E-state index in [9.17, 15) is 0 Å². The molecule has 4 heteroatoms. The fraction of sp³-hybridized carbons (Fsp3) is 0.333. The maximum absolute atomic E-state index is 6.23. The average molecular weight is 293 g/mol. The molecule has 0 N–H and O–H groups in total. The lowest BCUT2D eigenvalue weighted by atomic mass is 9.70. The van der Waals surface area contributed by atoms with Crippen molar-refractivity contribution in [3.63, 3.8) is 0 Å². The lowest BCUT2D eigenvalue weighted by Gasteiger charge is -2.35. The Morgan fingerprint density at radius 2 is 1.84 bits per heavy atom. The lowest BCUT2D eigenvalue weighted by molar-refractivity contribution is 0.403. The molecule has 1 heterocycles. The van der Waals surface area contributed by atoms with Crippen LogP contribution in [0.5, 0.6) is 0 Å². The van der Waals surface area contributed by atoms with E-state index in [0.29, 0.717) is 5.15 Å². The SMILES string of the molecule is C[C@]1(c2ccccc2)CCc2nc(Cl)nc(Cl)c2C1. The molecule has 98 valence electrons. The Labute approximate surface area is 122 Å². The van der Waals surface area contributed by atoms with Gasteiger partial charge in [0.05, 0.1) is 5.69 Å². The summed E-state index contributed by atoms with van der Waals surface area (Å²) in [7, 11) is 0. The molecule has 0 amide bonds. The van der Waals surface area contributed by atoms with Crippen molar-refractivity contribution in [3.05, 3.63) is 57.6 Å². The Morgan fingerprint density at radius 1 is 1.11 bits per heavy atom. The van der Waals surface area contributed by atoms with Gasteiger partial charge in [-0.2, -0.15) is 0 Å². The van der Waals surface area contributed by atoms with Crippen molar-refractivity contribution in [3.8, 4) is 0 Å². The molecular formula is C15H14Cl2N2. The number of hydrogen-bond acceptors (Lipinski definition) is 2. The van der Waals surface area contributed by atoms with Crippen LogP contribution >= 0.6 is 23.2 Å². The van der Waals surface area contributed by atoms with E-state index >= 15 is 0 Å². The van der Waals surface area contributed by atoms with Gasteiger partial charge in [0.2, 0.25) is 5.28 Å². The van der Waals surface area contributed by atoms with Gasteiger partial charge in [-0.05, 0) is 41.8 Å². The second kappa shape index (κ2) is 4.77. The van der Waals surface area contributed by atoms with Gasteiger partial charge in [-0.25, -0.2) is 9.97 Å². The summed E-state index contributed by atoms with van der Waals surface area (Å²) in [6.07, 6.45) is 2.80. The number of hydrogen-bond donors (Lipinski definition) is 0. The molecule has 3 rings (SSSR count). The van der Waals surface area contributed by atoms with Crippen LogP contribution in [0.4, 0.5) is 0 Å². The quantitative estimate of drug-likeness (QED) is 0.581. The molecule has 0 saturated heterocycles. The van der Waals surface area contributed by atoms with Crippen LogP contribution in [-0.2, 0) is 18.3 Å². The third-order valence-corrected chi connectivity index (χ3v) is 4.45. The normalized spacial score (nSPS) is 22.1. The summed E-state index contributed by atoms with van der Waals surface area (Å²) in [6.45, 7) is 2.27. The van der Waals surface area contributed by atoms with E-state index in [1.54, 1.807) is 0 Å². The van der Waals surface area contributed by atoms with Gasteiger partial charge in [-0.15, -0.1) is 0 Å². The summed E-state index contributed by atoms with van der Waals surface area (Å²) < 4.78 is 0. The largest absolute Gasteiger partial charge is 0.224 e. The summed E-state index contributed by atoms with van der Waals surface area (Å²) in [5.74, 6) is 0. The van der Waals surface area contributed by atoms with Crippen molar-refractivity contribution in [1.29, 1.82) is 0 Å². The van der Waals surface area contributed by atoms with Crippen molar-refractivity contribution in [2.45, 2.75) is 31.6 Å². The van der Waals surface area contributed by atoms with Gasteiger partial charge in [0.1, 0.15) is 5.15 Å². The third-order valence-electron chi connectivity index (χ3n) is 3.97. The number of fused-ring (bicyclic) bond motifs is 1. The molecule has 1 aromatic carbocycles. The molecule has 0 bridgehead atoms. The Morgan fingerprint density at radius 3 is 2.58 bits per heavy atom. The zero-order chi connectivity index (χ0) is 13.5. The Hall–Kier alpha value is -1.12. The summed E-state index contributed by atoms with van der Waals surface area (Å²) in [5.41, 5.74) is 3.48. The zero-order valence-electron chi connectivity index (χ0n) is 10.7. The van der Waals surface area contributed by atoms with Gasteiger partial charge in [0, 0.05) is 5.56 Å². The van der Waals surface area contributed by atoms with E-state index in [0.717, 1.165) is 30.5 Å². The van der Waals surface area contributed by atoms with Crippen LogP contribution in [-0.4, -0.2) is 9.97 Å². The highest BCUT2D eigenvalue weighted by Crippen LogP contribution is 2.39. The van der Waals surface area contributed by atoms with Gasteiger partial charge < -0.3 is 0 Å². The van der Waals surface area contributed by atoms with Crippen LogP contribution in [0.25, 0.3) is 0 Å². The first kappa shape index (κ1) is 12.9. The smallest absolute Gasteiger partial charge is 0.223 e. The maximum atomic E-state index is 6.23. The molecule has 0 saturated carbocycles. The second-order valence-electron chi connectivity index (χ2n) is 5.31. The van der Waals surface area contributed by atoms with Crippen LogP contribution in [0.2, 0.25) is 10.4 Å². The molecule has 19 heavy (non-hydrogen) atoms. The van der Waals surface area contributed by atoms with Crippen molar-refractivity contribution in [1.82, 2.24) is 9.97 Å². The Kier molecular flexibility index (Phi) is 3.23. The Bertz CT molecular complexity index is 613. The van der Waals surface area contributed by atoms with E-state index in [1.807, 2.05) is 6.07 Å². The first-order valence-electron chi connectivity index (χ1n) is 6.35. The predicted octanol–water partition coefficient (Wildman–Crippen LogP) is 4.23. The minimum atomic E-state index is 0.0924. The summed E-state index contributed by atoms with van der Waals surface area (Å²) >= 11 is 12.1. The average Bonchev–Trinajstić information content (AvgIpc) is 2.41. The van der Waals surface area contributed by atoms with Crippen LogP contribution < -0.4 is 0 Å². The van der Waals surface area contributed by atoms with Gasteiger partial charge in [-0.1, -0.05) is 48.9 Å². The number of nitrogens with zero attached hydrogens (tertiary/aromatic N) is 2. The Balaban J connectivity index is 2.02. The van der Waals surface area contributed by atoms with Crippen molar-refractivity contribution in [2.24, 2.45) is 0 Å². The highest BCUT2D eigenvalue weighted by atomic mass is 35.5. The van der Waals surface area contributed by atoms with Crippen molar-refractivity contribution in [2.75, 3.05) is 0 Å². The molecule has 0 fully saturated rings. The number of benzene rings is 1. The monoisotopic (exact) mass is 292 g/mol. The van der Waals surface area contributed by atoms with E-state index in [2.05, 4.69) is 41.2 Å². The topological polar surface area (TPSA) is 25.8 Å². The number of aryl methyl sites for hydroxylation is 1. The summed E-state index contributed by atoms with van der Waals surface area (Å²) in [6, 6.07) is 10.6. The van der Waals surface area contributed by atoms with Crippen molar-refractivity contribution >= 4 is 23.2 Å². The second-order valence-corrected chi connectivity index (χ2v) is 6.01. The van der Waals surface area contributed by atoms with Crippen LogP contribution in [0.3, 0.4) is 0 Å². The lowest BCUT2D eigenvalue weighted by Crippen LogP contribution is -2.31. The molecule has 0 unspecified atom stereocenters. The van der Waals surface area contributed by atoms with Crippen LogP contribution in [0.1, 0.15) is 30.2 Å². The summed E-state index contributed by atoms with van der Waals surface area (Å²) in [5, 5.41) is 0.740. The van der Waals surface area contributed by atoms with E-state index in [-0.39, 0.29) is 10.7 Å². The molecule has 1 aliphatic rings. The molecule has 0 aliphatic heterocycles. The van der Waals surface area contributed by atoms with E-state index < -0.39 is 0 Å². The fourth-order valence-electron chi connectivity index (χ4n) is 2.81. The van der Waals surface area contributed by atoms with Gasteiger partial charge in [0.15, 0.2) is 0 Å². The van der Waals surface area contributed by atoms with E-state index in [1.165, 1.54) is 5.56 Å². The van der Waals surface area contributed by atoms with Gasteiger partial charge in [-0.3, -0.25) is 0 Å². The standard InChI is InChI=1S/C15H14Cl2N2/c1-15(10-5-3-2-4-6-10)8-7-12-11(9-15)13(16)19-14(17)18-12/h2-6H,7-9H2,1H3/t15-/m0/s1. The molecule has 1 aliphatic carbocycles. The molecule has 0 radical (unpaired) electrons. The third kappa shape index (κ3) is 2.35. The molecule has 2 nitrogen and oxygen atoms in total. The molecule has 0 spiro atoms. The first-order valence-corrected chi connectivity index (χ1v) is 7.10. The number of aromatic nitrogens is 2. The van der Waals surface area contributed by atoms with Gasteiger partial charge >= 0.3 is 0 Å². The molecule has 1 aromatic heterocycles. The highest BCUT2D eigenvalue weighted by molar-refractivity contribution is 6.32. The zero-order valence-corrected chi connectivity index (χ0v) is 12.2. The molecular weight excluding hydrogens is 279 g/mol. The minimum absolute atomic E-state index is 0.0924. The van der Waals surface area contributed by atoms with Crippen LogP contribution in [0.15, 0.2) is 30.3 Å². The number of rotatable bonds is 1. The highest BCUT2D eigenvalue weighted by Gasteiger charge is 2.33. The molecule has 1 atom stereocenters. The number of halogens is 2. The predicted molar refractivity (Wildman–Crippen MR) is 77.9 cm³/mol. The van der Waals surface area contributed by atoms with Gasteiger partial charge in [0.25, 0.3) is 0 Å². The summed E-state index contributed by atoms with van der Waals surface area (Å²) in [4.78, 5) is 8.37. The molecule has 2 aromatic rings. The maximum Gasteiger partial charge on any atom is 0.224 e. The minimum Gasteiger partial charge on any atom is -0.223 e. The van der Waals surface area contributed by atoms with E-state index in [4.69, 9.17) is 23.2 Å². The van der Waals surface area contributed by atoms with Crippen molar-refractivity contribution < 1.29 is 0 Å².